The summed E-state index contributed by atoms with van der Waals surface area (Å²) in [6.07, 6.45) is 0.612. The highest BCUT2D eigenvalue weighted by Gasteiger charge is 2.23. The number of benzene rings is 2. The highest BCUT2D eigenvalue weighted by molar-refractivity contribution is 14.1. The minimum atomic E-state index is -0.743. The zero-order valence-corrected chi connectivity index (χ0v) is 18.2. The largest absolute Gasteiger partial charge is 0.496 e. The molecule has 2 N–H and O–H groups in total. The number of ether oxygens (including phenoxy) is 2. The van der Waals surface area contributed by atoms with Gasteiger partial charge in [0, 0.05) is 25.9 Å². The van der Waals surface area contributed by atoms with Gasteiger partial charge in [-0.05, 0) is 39.8 Å². The van der Waals surface area contributed by atoms with E-state index in [1.807, 2.05) is 48.5 Å². The summed E-state index contributed by atoms with van der Waals surface area (Å²) in [6, 6.07) is 14.9. The monoisotopic (exact) mass is 496 g/mol. The first-order valence-corrected chi connectivity index (χ1v) is 10.1. The molecular formula is C21H25IN2O4. The van der Waals surface area contributed by atoms with E-state index in [9.17, 15) is 9.59 Å². The van der Waals surface area contributed by atoms with Gasteiger partial charge in [-0.25, -0.2) is 4.79 Å². The van der Waals surface area contributed by atoms with Crippen LogP contribution in [0.15, 0.2) is 48.5 Å². The Kier molecular flexibility index (Phi) is 9.22. The molecule has 28 heavy (non-hydrogen) atoms. The van der Waals surface area contributed by atoms with Gasteiger partial charge >= 0.3 is 5.97 Å². The maximum Gasteiger partial charge on any atom is 0.328 e. The van der Waals surface area contributed by atoms with E-state index in [1.165, 1.54) is 7.11 Å². The second kappa shape index (κ2) is 11.7. The van der Waals surface area contributed by atoms with E-state index in [2.05, 4.69) is 33.2 Å². The lowest BCUT2D eigenvalue weighted by atomic mass is 10.1. The van der Waals surface area contributed by atoms with Gasteiger partial charge in [-0.3, -0.25) is 4.79 Å². The molecule has 0 saturated carbocycles. The van der Waals surface area contributed by atoms with Gasteiger partial charge in [-0.15, -0.1) is 0 Å². The van der Waals surface area contributed by atoms with Crippen molar-refractivity contribution in [1.29, 1.82) is 0 Å². The number of methoxy groups -OCH3 is 2. The second-order valence-electron chi connectivity index (χ2n) is 6.19. The zero-order chi connectivity index (χ0) is 20.4. The Bertz CT molecular complexity index is 783. The molecule has 2 rings (SSSR count). The van der Waals surface area contributed by atoms with E-state index in [4.69, 9.17) is 9.47 Å². The Morgan fingerprint density at radius 2 is 1.82 bits per heavy atom. The smallest absolute Gasteiger partial charge is 0.328 e. The van der Waals surface area contributed by atoms with Gasteiger partial charge < -0.3 is 20.1 Å². The summed E-state index contributed by atoms with van der Waals surface area (Å²) >= 11 is 2.18. The lowest BCUT2D eigenvalue weighted by Crippen LogP contribution is -2.43. The topological polar surface area (TPSA) is 76.7 Å². The summed E-state index contributed by atoms with van der Waals surface area (Å²) in [7, 11) is 2.92. The second-order valence-corrected chi connectivity index (χ2v) is 7.27. The number of hydrogen-bond acceptors (Lipinski definition) is 5. The molecule has 0 aliphatic carbocycles. The van der Waals surface area contributed by atoms with Gasteiger partial charge in [0.05, 0.1) is 17.8 Å². The van der Waals surface area contributed by atoms with Gasteiger partial charge in [0.2, 0.25) is 5.91 Å². The summed E-state index contributed by atoms with van der Waals surface area (Å²) in [6.45, 7) is 1.21. The molecule has 2 aromatic rings. The molecule has 1 amide bonds. The fraction of sp³-hybridized carbons (Fsp3) is 0.333. The molecule has 7 heteroatoms. The van der Waals surface area contributed by atoms with Crippen molar-refractivity contribution in [2.75, 3.05) is 20.8 Å². The molecule has 0 heterocycles. The minimum Gasteiger partial charge on any atom is -0.496 e. The van der Waals surface area contributed by atoms with Crippen molar-refractivity contribution in [3.63, 3.8) is 0 Å². The zero-order valence-electron chi connectivity index (χ0n) is 16.0. The van der Waals surface area contributed by atoms with Gasteiger partial charge in [-0.2, -0.15) is 0 Å². The van der Waals surface area contributed by atoms with Crippen molar-refractivity contribution in [3.05, 3.63) is 63.2 Å². The van der Waals surface area contributed by atoms with Gasteiger partial charge in [-0.1, -0.05) is 42.5 Å². The van der Waals surface area contributed by atoms with Gasteiger partial charge in [0.15, 0.2) is 0 Å². The van der Waals surface area contributed by atoms with Crippen molar-refractivity contribution < 1.29 is 19.1 Å². The first kappa shape index (κ1) is 22.2. The molecule has 0 aromatic heterocycles. The number of hydrogen-bond donors (Lipinski definition) is 2. The Balaban J connectivity index is 1.89. The van der Waals surface area contributed by atoms with Crippen molar-refractivity contribution in [1.82, 2.24) is 10.6 Å². The molecule has 0 bridgehead atoms. The van der Waals surface area contributed by atoms with Crippen molar-refractivity contribution in [2.45, 2.75) is 25.4 Å². The first-order chi connectivity index (χ1) is 13.5. The SMILES string of the molecule is COC(=O)C(Cc1cccc(OC)c1I)NC(=O)CCNCc1ccccc1. The number of rotatable bonds is 10. The Morgan fingerprint density at radius 1 is 1.07 bits per heavy atom. The quantitative estimate of drug-likeness (QED) is 0.301. The first-order valence-electron chi connectivity index (χ1n) is 8.98. The predicted octanol–water partition coefficient (Wildman–Crippen LogP) is 2.68. The molecule has 0 radical (unpaired) electrons. The molecule has 1 atom stereocenters. The van der Waals surface area contributed by atoms with Crippen LogP contribution in [-0.2, 0) is 27.3 Å². The number of esters is 1. The van der Waals surface area contributed by atoms with Crippen LogP contribution in [0.25, 0.3) is 0 Å². The van der Waals surface area contributed by atoms with E-state index in [1.54, 1.807) is 7.11 Å². The average molecular weight is 496 g/mol. The third-order valence-corrected chi connectivity index (χ3v) is 5.43. The van der Waals surface area contributed by atoms with Crippen LogP contribution < -0.4 is 15.4 Å². The summed E-state index contributed by atoms with van der Waals surface area (Å²) in [5.74, 6) is 0.0660. The summed E-state index contributed by atoms with van der Waals surface area (Å²) < 4.78 is 11.1. The van der Waals surface area contributed by atoms with E-state index in [-0.39, 0.29) is 12.3 Å². The third-order valence-electron chi connectivity index (χ3n) is 4.21. The molecule has 6 nitrogen and oxygen atoms in total. The molecule has 150 valence electrons. The highest BCUT2D eigenvalue weighted by Crippen LogP contribution is 2.25. The van der Waals surface area contributed by atoms with Crippen LogP contribution in [0.3, 0.4) is 0 Å². The number of halogens is 1. The van der Waals surface area contributed by atoms with Crippen LogP contribution in [0.4, 0.5) is 0 Å². The predicted molar refractivity (Wildman–Crippen MR) is 116 cm³/mol. The maximum atomic E-state index is 12.3. The lowest BCUT2D eigenvalue weighted by Gasteiger charge is -2.18. The Hall–Kier alpha value is -2.13. The number of amides is 1. The summed E-state index contributed by atoms with van der Waals surface area (Å²) in [4.78, 5) is 24.4. The molecule has 1 unspecified atom stereocenters. The summed E-state index contributed by atoms with van der Waals surface area (Å²) in [5, 5.41) is 6.01. The van der Waals surface area contributed by atoms with Crippen molar-refractivity contribution >= 4 is 34.5 Å². The van der Waals surface area contributed by atoms with Crippen LogP contribution in [0, 0.1) is 3.57 Å². The number of carbonyl (C=O) groups is 2. The van der Waals surface area contributed by atoms with E-state index in [0.717, 1.165) is 20.4 Å². The minimum absolute atomic E-state index is 0.200. The molecule has 2 aromatic carbocycles. The van der Waals surface area contributed by atoms with Crippen LogP contribution in [-0.4, -0.2) is 38.7 Å². The van der Waals surface area contributed by atoms with E-state index >= 15 is 0 Å². The maximum absolute atomic E-state index is 12.3. The summed E-state index contributed by atoms with van der Waals surface area (Å²) in [5.41, 5.74) is 2.07. The molecule has 0 fully saturated rings. The number of carbonyl (C=O) groups excluding carboxylic acids is 2. The van der Waals surface area contributed by atoms with Crippen LogP contribution >= 0.6 is 22.6 Å². The van der Waals surface area contributed by atoms with Gasteiger partial charge in [0.1, 0.15) is 11.8 Å². The molecular weight excluding hydrogens is 471 g/mol. The molecule has 0 spiro atoms. The molecule has 0 aliphatic heterocycles. The number of nitrogens with one attached hydrogen (secondary N) is 2. The Labute approximate surface area is 179 Å². The molecule has 0 aliphatic rings. The van der Waals surface area contributed by atoms with Crippen molar-refractivity contribution in [3.8, 4) is 5.75 Å². The van der Waals surface area contributed by atoms with Crippen LogP contribution in [0.1, 0.15) is 17.5 Å². The normalized spacial score (nSPS) is 11.5. The van der Waals surface area contributed by atoms with E-state index < -0.39 is 12.0 Å². The third kappa shape index (κ3) is 6.79. The fourth-order valence-corrected chi connectivity index (χ4v) is 3.52. The van der Waals surface area contributed by atoms with E-state index in [0.29, 0.717) is 19.5 Å². The Morgan fingerprint density at radius 3 is 2.50 bits per heavy atom. The average Bonchev–Trinajstić information content (AvgIpc) is 2.72. The highest BCUT2D eigenvalue weighted by atomic mass is 127. The van der Waals surface area contributed by atoms with Crippen LogP contribution in [0.5, 0.6) is 5.75 Å². The molecule has 0 saturated heterocycles. The van der Waals surface area contributed by atoms with Crippen molar-refractivity contribution in [2.24, 2.45) is 0 Å². The standard InChI is InChI=1S/C21H25IN2O4/c1-27-18-10-6-9-16(20(18)22)13-17(21(26)28-2)24-19(25)11-12-23-14-15-7-4-3-5-8-15/h3-10,17,23H,11-14H2,1-2H3,(H,24,25). The van der Waals surface area contributed by atoms with Gasteiger partial charge in [0.25, 0.3) is 0 Å². The fourth-order valence-electron chi connectivity index (χ4n) is 2.72. The van der Waals surface area contributed by atoms with Crippen LogP contribution in [0.2, 0.25) is 0 Å². The lowest BCUT2D eigenvalue weighted by molar-refractivity contribution is -0.145.